The van der Waals surface area contributed by atoms with E-state index >= 15 is 0 Å². The monoisotopic (exact) mass is 233 g/mol. The fourth-order valence-electron chi connectivity index (χ4n) is 1.45. The van der Waals surface area contributed by atoms with Crippen LogP contribution in [0.1, 0.15) is 18.5 Å². The molecule has 1 atom stereocenters. The minimum absolute atomic E-state index is 0.161. The molecule has 0 fully saturated rings. The van der Waals surface area contributed by atoms with Gasteiger partial charge in [0, 0.05) is 6.04 Å². The Bertz CT molecular complexity index is 459. The Kier molecular flexibility index (Phi) is 3.37. The SMILES string of the molecule is C[C@@H](Nc1ncncc1Cl)c1ccccc1. The quantitative estimate of drug-likeness (QED) is 0.884. The molecule has 1 aromatic heterocycles. The molecule has 4 heteroatoms. The van der Waals surface area contributed by atoms with Gasteiger partial charge in [-0.3, -0.25) is 0 Å². The van der Waals surface area contributed by atoms with Crippen molar-refractivity contribution < 1.29 is 0 Å². The van der Waals surface area contributed by atoms with Crippen LogP contribution in [0.5, 0.6) is 0 Å². The second-order valence-electron chi connectivity index (χ2n) is 3.50. The fourth-order valence-corrected chi connectivity index (χ4v) is 1.61. The lowest BCUT2D eigenvalue weighted by molar-refractivity contribution is 0.872. The van der Waals surface area contributed by atoms with Crippen LogP contribution in [-0.2, 0) is 0 Å². The standard InChI is InChI=1S/C12H12ClN3/c1-9(10-5-3-2-4-6-10)16-12-11(13)7-14-8-15-12/h2-9H,1H3,(H,14,15,16)/t9-/m1/s1. The van der Waals surface area contributed by atoms with Crippen LogP contribution in [0.15, 0.2) is 42.9 Å². The van der Waals surface area contributed by atoms with Gasteiger partial charge in [0.05, 0.1) is 6.20 Å². The van der Waals surface area contributed by atoms with Crippen LogP contribution in [-0.4, -0.2) is 9.97 Å². The van der Waals surface area contributed by atoms with Crippen LogP contribution in [0.4, 0.5) is 5.82 Å². The molecule has 1 heterocycles. The molecule has 0 aliphatic heterocycles. The molecule has 0 aliphatic carbocycles. The molecule has 1 N–H and O–H groups in total. The van der Waals surface area contributed by atoms with E-state index in [1.165, 1.54) is 11.9 Å². The second kappa shape index (κ2) is 4.94. The lowest BCUT2D eigenvalue weighted by Gasteiger charge is -2.15. The second-order valence-corrected chi connectivity index (χ2v) is 3.90. The largest absolute Gasteiger partial charge is 0.362 e. The van der Waals surface area contributed by atoms with Crippen molar-refractivity contribution in [1.82, 2.24) is 9.97 Å². The van der Waals surface area contributed by atoms with Gasteiger partial charge in [0.2, 0.25) is 0 Å². The van der Waals surface area contributed by atoms with Gasteiger partial charge in [0.25, 0.3) is 0 Å². The van der Waals surface area contributed by atoms with E-state index in [4.69, 9.17) is 11.6 Å². The topological polar surface area (TPSA) is 37.8 Å². The van der Waals surface area contributed by atoms with Gasteiger partial charge in [0.1, 0.15) is 17.2 Å². The summed E-state index contributed by atoms with van der Waals surface area (Å²) in [4.78, 5) is 7.93. The van der Waals surface area contributed by atoms with E-state index in [0.29, 0.717) is 10.8 Å². The third kappa shape index (κ3) is 2.49. The van der Waals surface area contributed by atoms with E-state index in [2.05, 4.69) is 34.3 Å². The highest BCUT2D eigenvalue weighted by atomic mass is 35.5. The maximum Gasteiger partial charge on any atom is 0.148 e. The van der Waals surface area contributed by atoms with Gasteiger partial charge in [0.15, 0.2) is 0 Å². The highest BCUT2D eigenvalue weighted by Crippen LogP contribution is 2.22. The van der Waals surface area contributed by atoms with Gasteiger partial charge >= 0.3 is 0 Å². The Morgan fingerprint density at radius 2 is 2.00 bits per heavy atom. The number of aromatic nitrogens is 2. The smallest absolute Gasteiger partial charge is 0.148 e. The molecule has 2 rings (SSSR count). The first kappa shape index (κ1) is 10.9. The van der Waals surface area contributed by atoms with E-state index in [-0.39, 0.29) is 6.04 Å². The number of nitrogens with zero attached hydrogens (tertiary/aromatic N) is 2. The number of nitrogens with one attached hydrogen (secondary N) is 1. The summed E-state index contributed by atoms with van der Waals surface area (Å²) in [5, 5.41) is 3.78. The Balaban J connectivity index is 2.14. The molecular weight excluding hydrogens is 222 g/mol. The zero-order valence-electron chi connectivity index (χ0n) is 8.89. The molecule has 3 nitrogen and oxygen atoms in total. The minimum atomic E-state index is 0.161. The number of benzene rings is 1. The molecule has 82 valence electrons. The summed E-state index contributed by atoms with van der Waals surface area (Å²) in [6.07, 6.45) is 3.06. The Labute approximate surface area is 99.5 Å². The summed E-state index contributed by atoms with van der Waals surface area (Å²) in [6, 6.07) is 10.3. The summed E-state index contributed by atoms with van der Waals surface area (Å²) in [5.74, 6) is 0.660. The Morgan fingerprint density at radius 3 is 2.69 bits per heavy atom. The first-order valence-electron chi connectivity index (χ1n) is 5.04. The number of halogens is 1. The van der Waals surface area contributed by atoms with Gasteiger partial charge in [-0.05, 0) is 12.5 Å². The van der Waals surface area contributed by atoms with E-state index in [0.717, 1.165) is 0 Å². The molecule has 0 unspecified atom stereocenters. The molecule has 0 radical (unpaired) electrons. The number of anilines is 1. The molecule has 0 amide bonds. The van der Waals surface area contributed by atoms with Crippen molar-refractivity contribution in [2.75, 3.05) is 5.32 Å². The third-order valence-corrected chi connectivity index (χ3v) is 2.60. The van der Waals surface area contributed by atoms with Crippen molar-refractivity contribution in [1.29, 1.82) is 0 Å². The van der Waals surface area contributed by atoms with Crippen LogP contribution >= 0.6 is 11.6 Å². The molecule has 16 heavy (non-hydrogen) atoms. The summed E-state index contributed by atoms with van der Waals surface area (Å²) >= 11 is 5.97. The van der Waals surface area contributed by atoms with Crippen LogP contribution in [0.2, 0.25) is 5.02 Å². The summed E-state index contributed by atoms with van der Waals surface area (Å²) < 4.78 is 0. The van der Waals surface area contributed by atoms with Crippen LogP contribution in [0.25, 0.3) is 0 Å². The molecule has 2 aromatic rings. The molecular formula is C12H12ClN3. The van der Waals surface area contributed by atoms with Gasteiger partial charge in [-0.25, -0.2) is 9.97 Å². The zero-order valence-corrected chi connectivity index (χ0v) is 9.65. The highest BCUT2D eigenvalue weighted by molar-refractivity contribution is 6.32. The summed E-state index contributed by atoms with van der Waals surface area (Å²) in [5.41, 5.74) is 1.19. The van der Waals surface area contributed by atoms with Crippen LogP contribution in [0, 0.1) is 0 Å². The van der Waals surface area contributed by atoms with Gasteiger partial charge in [-0.1, -0.05) is 41.9 Å². The number of rotatable bonds is 3. The predicted molar refractivity (Wildman–Crippen MR) is 65.5 cm³/mol. The third-order valence-electron chi connectivity index (χ3n) is 2.32. The summed E-state index contributed by atoms with van der Waals surface area (Å²) in [7, 11) is 0. The van der Waals surface area contributed by atoms with E-state index in [1.54, 1.807) is 6.20 Å². The van der Waals surface area contributed by atoms with E-state index in [9.17, 15) is 0 Å². The van der Waals surface area contributed by atoms with Gasteiger partial charge < -0.3 is 5.32 Å². The van der Waals surface area contributed by atoms with Crippen molar-refractivity contribution in [2.24, 2.45) is 0 Å². The van der Waals surface area contributed by atoms with Gasteiger partial charge in [-0.2, -0.15) is 0 Å². The van der Waals surface area contributed by atoms with E-state index in [1.807, 2.05) is 18.2 Å². The van der Waals surface area contributed by atoms with Crippen LogP contribution < -0.4 is 5.32 Å². The van der Waals surface area contributed by atoms with Crippen molar-refractivity contribution in [3.8, 4) is 0 Å². The summed E-state index contributed by atoms with van der Waals surface area (Å²) in [6.45, 7) is 2.06. The number of hydrogen-bond acceptors (Lipinski definition) is 3. The fraction of sp³-hybridized carbons (Fsp3) is 0.167. The molecule has 0 bridgehead atoms. The molecule has 1 aromatic carbocycles. The van der Waals surface area contributed by atoms with Gasteiger partial charge in [-0.15, -0.1) is 0 Å². The average molecular weight is 234 g/mol. The first-order chi connectivity index (χ1) is 7.77. The molecule has 0 saturated carbocycles. The van der Waals surface area contributed by atoms with Crippen molar-refractivity contribution in [2.45, 2.75) is 13.0 Å². The zero-order chi connectivity index (χ0) is 11.4. The molecule has 0 aliphatic rings. The normalized spacial score (nSPS) is 12.1. The number of hydrogen-bond donors (Lipinski definition) is 1. The maximum atomic E-state index is 5.97. The van der Waals surface area contributed by atoms with Crippen molar-refractivity contribution in [3.05, 3.63) is 53.4 Å². The van der Waals surface area contributed by atoms with E-state index < -0.39 is 0 Å². The Morgan fingerprint density at radius 1 is 1.25 bits per heavy atom. The minimum Gasteiger partial charge on any atom is -0.362 e. The lowest BCUT2D eigenvalue weighted by atomic mass is 10.1. The Hall–Kier alpha value is -1.61. The average Bonchev–Trinajstić information content (AvgIpc) is 2.33. The molecule has 0 spiro atoms. The maximum absolute atomic E-state index is 5.97. The van der Waals surface area contributed by atoms with Crippen molar-refractivity contribution in [3.63, 3.8) is 0 Å². The lowest BCUT2D eigenvalue weighted by Crippen LogP contribution is -2.08. The van der Waals surface area contributed by atoms with Crippen LogP contribution in [0.3, 0.4) is 0 Å². The van der Waals surface area contributed by atoms with Crippen molar-refractivity contribution >= 4 is 17.4 Å². The highest BCUT2D eigenvalue weighted by Gasteiger charge is 2.07. The first-order valence-corrected chi connectivity index (χ1v) is 5.42. The molecule has 0 saturated heterocycles. The predicted octanol–water partition coefficient (Wildman–Crippen LogP) is 3.30.